The van der Waals surface area contributed by atoms with Crippen molar-refractivity contribution in [2.75, 3.05) is 19.6 Å². The second-order valence-electron chi connectivity index (χ2n) is 3.02. The summed E-state index contributed by atoms with van der Waals surface area (Å²) in [6.07, 6.45) is 1.13. The first kappa shape index (κ1) is 11.2. The van der Waals surface area contributed by atoms with Crippen LogP contribution in [0.5, 0.6) is 0 Å². The third kappa shape index (κ3) is 2.60. The highest BCUT2D eigenvalue weighted by molar-refractivity contribution is 5.85. The van der Waals surface area contributed by atoms with E-state index in [1.165, 1.54) is 0 Å². The van der Waals surface area contributed by atoms with Gasteiger partial charge in [0, 0.05) is 31.7 Å². The number of hydrogen-bond acceptors (Lipinski definition) is 3. The summed E-state index contributed by atoms with van der Waals surface area (Å²) in [4.78, 5) is 2.35. The zero-order valence-electron chi connectivity index (χ0n) is 6.99. The van der Waals surface area contributed by atoms with Gasteiger partial charge in [-0.15, -0.1) is 12.4 Å². The van der Waals surface area contributed by atoms with E-state index in [0.29, 0.717) is 12.1 Å². The van der Waals surface area contributed by atoms with Gasteiger partial charge in [0.15, 0.2) is 0 Å². The lowest BCUT2D eigenvalue weighted by molar-refractivity contribution is 0.267. The normalized spacial score (nSPS) is 31.9. The topological polar surface area (TPSA) is 55.3 Å². The van der Waals surface area contributed by atoms with Crippen molar-refractivity contribution in [3.05, 3.63) is 0 Å². The van der Waals surface area contributed by atoms with Crippen LogP contribution in [-0.2, 0) is 0 Å². The van der Waals surface area contributed by atoms with Crippen molar-refractivity contribution in [1.29, 1.82) is 0 Å². The van der Waals surface area contributed by atoms with E-state index in [2.05, 4.69) is 11.8 Å². The van der Waals surface area contributed by atoms with E-state index < -0.39 is 0 Å². The third-order valence-electron chi connectivity index (χ3n) is 2.36. The highest BCUT2D eigenvalue weighted by Gasteiger charge is 2.26. The molecule has 0 aromatic rings. The molecule has 0 spiro atoms. The van der Waals surface area contributed by atoms with Crippen LogP contribution in [0.3, 0.4) is 0 Å². The Labute approximate surface area is 74.5 Å². The highest BCUT2D eigenvalue weighted by Crippen LogP contribution is 2.13. The third-order valence-corrected chi connectivity index (χ3v) is 2.36. The van der Waals surface area contributed by atoms with Gasteiger partial charge in [0.2, 0.25) is 0 Å². The van der Waals surface area contributed by atoms with Gasteiger partial charge in [0.05, 0.1) is 0 Å². The van der Waals surface area contributed by atoms with Crippen LogP contribution in [0.4, 0.5) is 0 Å². The fraction of sp³-hybridized carbons (Fsp3) is 1.00. The van der Waals surface area contributed by atoms with Crippen molar-refractivity contribution in [2.45, 2.75) is 25.4 Å². The van der Waals surface area contributed by atoms with Crippen LogP contribution in [0.2, 0.25) is 0 Å². The molecule has 0 aliphatic carbocycles. The largest absolute Gasteiger partial charge is 0.329 e. The van der Waals surface area contributed by atoms with E-state index in [9.17, 15) is 0 Å². The Kier molecular flexibility index (Phi) is 5.01. The van der Waals surface area contributed by atoms with E-state index in [1.54, 1.807) is 0 Å². The van der Waals surface area contributed by atoms with Crippen molar-refractivity contribution in [2.24, 2.45) is 11.5 Å². The summed E-state index contributed by atoms with van der Waals surface area (Å²) >= 11 is 0. The van der Waals surface area contributed by atoms with Crippen LogP contribution in [0.25, 0.3) is 0 Å². The molecule has 2 atom stereocenters. The molecule has 4 N–H and O–H groups in total. The molecule has 1 fully saturated rings. The van der Waals surface area contributed by atoms with Gasteiger partial charge in [-0.2, -0.15) is 0 Å². The molecule has 1 heterocycles. The SMILES string of the molecule is CC1C(N)CCN1CCN.Cl. The first-order valence-electron chi connectivity index (χ1n) is 3.95. The van der Waals surface area contributed by atoms with Crippen molar-refractivity contribution >= 4 is 12.4 Å². The molecule has 2 unspecified atom stereocenters. The van der Waals surface area contributed by atoms with Gasteiger partial charge >= 0.3 is 0 Å². The predicted molar refractivity (Wildman–Crippen MR) is 49.9 cm³/mol. The number of nitrogens with two attached hydrogens (primary N) is 2. The molecule has 68 valence electrons. The maximum Gasteiger partial charge on any atom is 0.0219 e. The summed E-state index contributed by atoms with van der Waals surface area (Å²) in [6, 6.07) is 0.898. The maximum atomic E-state index is 5.82. The van der Waals surface area contributed by atoms with Crippen LogP contribution in [-0.4, -0.2) is 36.6 Å². The molecule has 0 saturated carbocycles. The lowest BCUT2D eigenvalue weighted by Crippen LogP contribution is -2.39. The molecule has 4 heteroatoms. The zero-order chi connectivity index (χ0) is 7.56. The van der Waals surface area contributed by atoms with Crippen molar-refractivity contribution in [3.63, 3.8) is 0 Å². The molecule has 0 bridgehead atoms. The molecular formula is C7H18ClN3. The molecule has 1 rings (SSSR count). The van der Waals surface area contributed by atoms with E-state index in [-0.39, 0.29) is 12.4 Å². The summed E-state index contributed by atoms with van der Waals surface area (Å²) in [5.41, 5.74) is 11.2. The number of likely N-dealkylation sites (tertiary alicyclic amines) is 1. The minimum Gasteiger partial charge on any atom is -0.329 e. The van der Waals surface area contributed by atoms with Crippen molar-refractivity contribution in [1.82, 2.24) is 4.90 Å². The van der Waals surface area contributed by atoms with Crippen LogP contribution in [0.1, 0.15) is 13.3 Å². The minimum atomic E-state index is 0. The average molecular weight is 180 g/mol. The Balaban J connectivity index is 0.000001000. The first-order chi connectivity index (χ1) is 4.75. The van der Waals surface area contributed by atoms with Crippen molar-refractivity contribution < 1.29 is 0 Å². The zero-order valence-corrected chi connectivity index (χ0v) is 7.81. The van der Waals surface area contributed by atoms with Crippen LogP contribution < -0.4 is 11.5 Å². The molecular weight excluding hydrogens is 162 g/mol. The van der Waals surface area contributed by atoms with Crippen LogP contribution in [0.15, 0.2) is 0 Å². The summed E-state index contributed by atoms with van der Waals surface area (Å²) in [5, 5.41) is 0. The average Bonchev–Trinajstić information content (AvgIpc) is 2.20. The standard InChI is InChI=1S/C7H17N3.ClH/c1-6-7(9)2-4-10(6)5-3-8;/h6-7H,2-5,8-9H2,1H3;1H. The molecule has 1 aliphatic heterocycles. The van der Waals surface area contributed by atoms with E-state index >= 15 is 0 Å². The summed E-state index contributed by atoms with van der Waals surface area (Å²) < 4.78 is 0. The molecule has 3 nitrogen and oxygen atoms in total. The first-order valence-corrected chi connectivity index (χ1v) is 3.95. The lowest BCUT2D eigenvalue weighted by Gasteiger charge is -2.21. The number of nitrogens with zero attached hydrogens (tertiary/aromatic N) is 1. The Hall–Kier alpha value is 0.170. The van der Waals surface area contributed by atoms with E-state index in [0.717, 1.165) is 26.1 Å². The number of hydrogen-bond donors (Lipinski definition) is 2. The molecule has 0 radical (unpaired) electrons. The molecule has 0 amide bonds. The van der Waals surface area contributed by atoms with Crippen molar-refractivity contribution in [3.8, 4) is 0 Å². The van der Waals surface area contributed by atoms with Gasteiger partial charge in [-0.3, -0.25) is 4.90 Å². The second-order valence-corrected chi connectivity index (χ2v) is 3.02. The number of rotatable bonds is 2. The van der Waals surface area contributed by atoms with E-state index in [1.807, 2.05) is 0 Å². The second kappa shape index (κ2) is 4.93. The smallest absolute Gasteiger partial charge is 0.0219 e. The van der Waals surface area contributed by atoms with Gasteiger partial charge in [-0.1, -0.05) is 0 Å². The van der Waals surface area contributed by atoms with Crippen LogP contribution >= 0.6 is 12.4 Å². The minimum absolute atomic E-state index is 0. The fourth-order valence-electron chi connectivity index (χ4n) is 1.51. The molecule has 11 heavy (non-hydrogen) atoms. The van der Waals surface area contributed by atoms with Gasteiger partial charge in [0.25, 0.3) is 0 Å². The molecule has 1 saturated heterocycles. The van der Waals surface area contributed by atoms with E-state index in [4.69, 9.17) is 11.5 Å². The Bertz CT molecular complexity index is 108. The summed E-state index contributed by atoms with van der Waals surface area (Å²) in [7, 11) is 0. The number of halogens is 1. The monoisotopic (exact) mass is 179 g/mol. The molecule has 0 aromatic heterocycles. The Morgan fingerprint density at radius 3 is 2.55 bits per heavy atom. The summed E-state index contributed by atoms with van der Waals surface area (Å²) in [5.74, 6) is 0. The molecule has 1 aliphatic rings. The Morgan fingerprint density at radius 1 is 1.55 bits per heavy atom. The Morgan fingerprint density at radius 2 is 2.18 bits per heavy atom. The van der Waals surface area contributed by atoms with Gasteiger partial charge < -0.3 is 11.5 Å². The highest BCUT2D eigenvalue weighted by atomic mass is 35.5. The van der Waals surface area contributed by atoms with Crippen LogP contribution in [0, 0.1) is 0 Å². The predicted octanol–water partition coefficient (Wildman–Crippen LogP) is -0.212. The van der Waals surface area contributed by atoms with Gasteiger partial charge in [-0.05, 0) is 13.3 Å². The van der Waals surface area contributed by atoms with Gasteiger partial charge in [0.1, 0.15) is 0 Å². The fourth-order valence-corrected chi connectivity index (χ4v) is 1.51. The lowest BCUT2D eigenvalue weighted by atomic mass is 10.2. The summed E-state index contributed by atoms with van der Waals surface area (Å²) in [6.45, 7) is 5.04. The maximum absolute atomic E-state index is 5.82. The molecule has 0 aromatic carbocycles. The van der Waals surface area contributed by atoms with Gasteiger partial charge in [-0.25, -0.2) is 0 Å². The quantitative estimate of drug-likeness (QED) is 0.617.